The number of nitrogens with zero attached hydrogens (tertiary/aromatic N) is 4. The summed E-state index contributed by atoms with van der Waals surface area (Å²) >= 11 is 1.71. The zero-order valence-corrected chi connectivity index (χ0v) is 18.0. The zero-order chi connectivity index (χ0) is 16.8. The first kappa shape index (κ1) is 20.2. The van der Waals surface area contributed by atoms with E-state index < -0.39 is 0 Å². The van der Waals surface area contributed by atoms with Crippen LogP contribution in [0.2, 0.25) is 0 Å². The van der Waals surface area contributed by atoms with E-state index in [0.29, 0.717) is 19.1 Å². The molecule has 0 atom stereocenters. The van der Waals surface area contributed by atoms with Crippen LogP contribution in [0.3, 0.4) is 0 Å². The highest BCUT2D eigenvalue weighted by molar-refractivity contribution is 14.0. The normalized spacial score (nSPS) is 15.7. The van der Waals surface area contributed by atoms with Gasteiger partial charge in [0.15, 0.2) is 11.8 Å². The second kappa shape index (κ2) is 10.1. The Bertz CT molecular complexity index is 661. The maximum Gasteiger partial charge on any atom is 0.192 e. The van der Waals surface area contributed by atoms with Gasteiger partial charge in [0, 0.05) is 13.1 Å². The summed E-state index contributed by atoms with van der Waals surface area (Å²) in [4.78, 5) is 4.76. The van der Waals surface area contributed by atoms with E-state index in [1.54, 1.807) is 11.3 Å². The highest BCUT2D eigenvalue weighted by Gasteiger charge is 2.15. The molecule has 2 aromatic heterocycles. The first-order valence-electron chi connectivity index (χ1n) is 8.63. The van der Waals surface area contributed by atoms with Crippen LogP contribution in [-0.2, 0) is 20.1 Å². The maximum atomic E-state index is 4.76. The van der Waals surface area contributed by atoms with Crippen LogP contribution in [0.25, 0.3) is 0 Å². The van der Waals surface area contributed by atoms with Gasteiger partial charge in [0.1, 0.15) is 5.82 Å². The van der Waals surface area contributed by atoms with Gasteiger partial charge in [-0.15, -0.1) is 34.2 Å². The average molecular weight is 474 g/mol. The molecule has 8 heteroatoms. The number of nitrogens with one attached hydrogen (secondary N) is 2. The van der Waals surface area contributed by atoms with Crippen LogP contribution in [0.4, 0.5) is 0 Å². The molecule has 25 heavy (non-hydrogen) atoms. The van der Waals surface area contributed by atoms with Crippen molar-refractivity contribution in [1.82, 2.24) is 25.4 Å². The lowest BCUT2D eigenvalue weighted by molar-refractivity contribution is 0.409. The van der Waals surface area contributed by atoms with Crippen LogP contribution in [0.5, 0.6) is 0 Å². The summed E-state index contributed by atoms with van der Waals surface area (Å²) in [7, 11) is 1.99. The molecule has 3 rings (SSSR count). The van der Waals surface area contributed by atoms with Gasteiger partial charge in [-0.2, -0.15) is 11.3 Å². The zero-order valence-electron chi connectivity index (χ0n) is 14.9. The minimum atomic E-state index is 0. The summed E-state index contributed by atoms with van der Waals surface area (Å²) in [5.41, 5.74) is 1.25. The van der Waals surface area contributed by atoms with Crippen molar-refractivity contribution in [1.29, 1.82) is 0 Å². The SMILES string of the molecule is Cc1nnc(CNC(=NCc2ccsc2)NC2CCCCC2)n1C.I. The Labute approximate surface area is 170 Å². The Kier molecular flexibility index (Phi) is 8.14. The van der Waals surface area contributed by atoms with Gasteiger partial charge in [-0.3, -0.25) is 0 Å². The number of aromatic nitrogens is 3. The van der Waals surface area contributed by atoms with Crippen molar-refractivity contribution in [3.63, 3.8) is 0 Å². The summed E-state index contributed by atoms with van der Waals surface area (Å²) in [5.74, 6) is 2.71. The van der Waals surface area contributed by atoms with Crippen LogP contribution in [0.15, 0.2) is 21.8 Å². The molecule has 0 saturated heterocycles. The molecular weight excluding hydrogens is 447 g/mol. The lowest BCUT2D eigenvalue weighted by atomic mass is 9.96. The predicted octanol–water partition coefficient (Wildman–Crippen LogP) is 3.37. The summed E-state index contributed by atoms with van der Waals surface area (Å²) < 4.78 is 2.00. The van der Waals surface area contributed by atoms with Gasteiger partial charge in [-0.25, -0.2) is 4.99 Å². The van der Waals surface area contributed by atoms with Crippen LogP contribution >= 0.6 is 35.3 Å². The van der Waals surface area contributed by atoms with E-state index in [4.69, 9.17) is 4.99 Å². The number of guanidine groups is 1. The smallest absolute Gasteiger partial charge is 0.192 e. The fourth-order valence-corrected chi connectivity index (χ4v) is 3.57. The molecule has 2 aromatic rings. The van der Waals surface area contributed by atoms with Crippen molar-refractivity contribution in [3.05, 3.63) is 34.0 Å². The van der Waals surface area contributed by atoms with Gasteiger partial charge >= 0.3 is 0 Å². The number of aryl methyl sites for hydroxylation is 1. The molecule has 138 valence electrons. The van der Waals surface area contributed by atoms with Crippen LogP contribution in [0, 0.1) is 6.92 Å². The van der Waals surface area contributed by atoms with Crippen molar-refractivity contribution in [2.45, 2.75) is 58.2 Å². The summed E-state index contributed by atoms with van der Waals surface area (Å²) in [6, 6.07) is 2.65. The minimum absolute atomic E-state index is 0. The lowest BCUT2D eigenvalue weighted by Gasteiger charge is -2.25. The van der Waals surface area contributed by atoms with Gasteiger partial charge in [0.25, 0.3) is 0 Å². The van der Waals surface area contributed by atoms with Gasteiger partial charge < -0.3 is 15.2 Å². The Morgan fingerprint density at radius 1 is 1.32 bits per heavy atom. The second-order valence-electron chi connectivity index (χ2n) is 6.35. The quantitative estimate of drug-likeness (QED) is 0.396. The van der Waals surface area contributed by atoms with E-state index in [0.717, 1.165) is 17.6 Å². The van der Waals surface area contributed by atoms with Crippen molar-refractivity contribution in [2.24, 2.45) is 12.0 Å². The van der Waals surface area contributed by atoms with E-state index in [-0.39, 0.29) is 24.0 Å². The molecule has 0 bridgehead atoms. The molecule has 6 nitrogen and oxygen atoms in total. The third kappa shape index (κ3) is 5.95. The highest BCUT2D eigenvalue weighted by Crippen LogP contribution is 2.17. The van der Waals surface area contributed by atoms with Gasteiger partial charge in [0.05, 0.1) is 13.1 Å². The number of aliphatic imine (C=N–C) groups is 1. The van der Waals surface area contributed by atoms with E-state index in [2.05, 4.69) is 37.7 Å². The summed E-state index contributed by atoms with van der Waals surface area (Å²) in [6.07, 6.45) is 6.41. The molecular formula is C17H27IN6S. The highest BCUT2D eigenvalue weighted by atomic mass is 127. The molecule has 0 spiro atoms. The first-order valence-corrected chi connectivity index (χ1v) is 9.57. The Morgan fingerprint density at radius 3 is 2.76 bits per heavy atom. The van der Waals surface area contributed by atoms with E-state index in [1.165, 1.54) is 37.7 Å². The molecule has 0 aromatic carbocycles. The van der Waals surface area contributed by atoms with Crippen molar-refractivity contribution in [2.75, 3.05) is 0 Å². The maximum absolute atomic E-state index is 4.76. The summed E-state index contributed by atoms with van der Waals surface area (Å²) in [6.45, 7) is 3.28. The van der Waals surface area contributed by atoms with Crippen LogP contribution in [0.1, 0.15) is 49.3 Å². The lowest BCUT2D eigenvalue weighted by Crippen LogP contribution is -2.44. The molecule has 0 radical (unpaired) electrons. The fourth-order valence-electron chi connectivity index (χ4n) is 2.91. The second-order valence-corrected chi connectivity index (χ2v) is 7.13. The van der Waals surface area contributed by atoms with Gasteiger partial charge in [0.2, 0.25) is 0 Å². The van der Waals surface area contributed by atoms with Crippen LogP contribution in [-0.4, -0.2) is 26.8 Å². The van der Waals surface area contributed by atoms with E-state index >= 15 is 0 Å². The molecule has 1 aliphatic rings. The largest absolute Gasteiger partial charge is 0.354 e. The standard InChI is InChI=1S/C17H26N6S.HI/c1-13-21-22-16(23(13)2)11-19-17(18-10-14-8-9-24-12-14)20-15-6-4-3-5-7-15;/h8-9,12,15H,3-7,10-11H2,1-2H3,(H2,18,19,20);1H. The van der Waals surface area contributed by atoms with Crippen molar-refractivity contribution in [3.8, 4) is 0 Å². The Hall–Kier alpha value is -1.16. The Morgan fingerprint density at radius 2 is 2.12 bits per heavy atom. The first-order chi connectivity index (χ1) is 11.7. The number of thiophene rings is 1. The number of hydrogen-bond acceptors (Lipinski definition) is 4. The summed E-state index contributed by atoms with van der Waals surface area (Å²) in [5, 5.41) is 19.6. The third-order valence-corrected chi connectivity index (χ3v) is 5.27. The molecule has 2 heterocycles. The third-order valence-electron chi connectivity index (χ3n) is 4.54. The van der Waals surface area contributed by atoms with Crippen molar-refractivity contribution >= 4 is 41.3 Å². The molecule has 0 amide bonds. The molecule has 2 N–H and O–H groups in total. The molecule has 0 aliphatic heterocycles. The van der Waals surface area contributed by atoms with Gasteiger partial charge in [-0.1, -0.05) is 19.3 Å². The molecule has 1 aliphatic carbocycles. The average Bonchev–Trinajstić information content (AvgIpc) is 3.23. The number of hydrogen-bond donors (Lipinski definition) is 2. The Balaban J connectivity index is 0.00000225. The topological polar surface area (TPSA) is 67.1 Å². The van der Waals surface area contributed by atoms with Crippen LogP contribution < -0.4 is 10.6 Å². The van der Waals surface area contributed by atoms with Crippen molar-refractivity contribution < 1.29 is 0 Å². The predicted molar refractivity (Wildman–Crippen MR) is 113 cm³/mol. The number of halogens is 1. The van der Waals surface area contributed by atoms with Gasteiger partial charge in [-0.05, 0) is 42.2 Å². The molecule has 0 unspecified atom stereocenters. The number of rotatable bonds is 5. The van der Waals surface area contributed by atoms with E-state index in [9.17, 15) is 0 Å². The fraction of sp³-hybridized carbons (Fsp3) is 0.588. The minimum Gasteiger partial charge on any atom is -0.354 e. The molecule has 1 fully saturated rings. The van der Waals surface area contributed by atoms with E-state index in [1.807, 2.05) is 18.5 Å². The molecule has 1 saturated carbocycles. The monoisotopic (exact) mass is 474 g/mol.